The first-order valence-electron chi connectivity index (χ1n) is 8.40. The molecule has 0 aliphatic heterocycles. The van der Waals surface area contributed by atoms with Gasteiger partial charge in [0.05, 0.1) is 18.4 Å². The van der Waals surface area contributed by atoms with E-state index in [4.69, 9.17) is 16.3 Å². The Hall–Kier alpha value is -2.27. The van der Waals surface area contributed by atoms with E-state index in [1.54, 1.807) is 31.5 Å². The van der Waals surface area contributed by atoms with Crippen molar-refractivity contribution < 1.29 is 9.53 Å². The number of methoxy groups -OCH3 is 1. The summed E-state index contributed by atoms with van der Waals surface area (Å²) >= 11 is 6.12. The van der Waals surface area contributed by atoms with Gasteiger partial charge in [-0.05, 0) is 37.1 Å². The Labute approximate surface area is 153 Å². The van der Waals surface area contributed by atoms with Crippen molar-refractivity contribution in [3.8, 4) is 5.75 Å². The second-order valence-corrected chi connectivity index (χ2v) is 6.23. The van der Waals surface area contributed by atoms with Crippen LogP contribution in [0.4, 0.5) is 11.5 Å². The van der Waals surface area contributed by atoms with Gasteiger partial charge in [-0.15, -0.1) is 0 Å². The Balaban J connectivity index is 2.03. The standard InChI is InChI=1S/C19H24ClN3O2/c1-4-5-6-9-21-19(24)14-7-8-18(22-12-14)23-16-10-13(2)15(20)11-17(16)25-3/h7-8,10-12H,4-6,9H2,1-3H3,(H,21,24)(H,22,23). The first-order valence-corrected chi connectivity index (χ1v) is 8.78. The molecule has 0 atom stereocenters. The molecule has 0 aliphatic carbocycles. The fraction of sp³-hybridized carbons (Fsp3) is 0.368. The molecule has 0 unspecified atom stereocenters. The molecule has 6 heteroatoms. The quantitative estimate of drug-likeness (QED) is 0.668. The smallest absolute Gasteiger partial charge is 0.252 e. The number of rotatable bonds is 8. The number of carbonyl (C=O) groups excluding carboxylic acids is 1. The lowest BCUT2D eigenvalue weighted by Crippen LogP contribution is -2.24. The molecular formula is C19H24ClN3O2. The van der Waals surface area contributed by atoms with Crippen LogP contribution in [-0.2, 0) is 0 Å². The van der Waals surface area contributed by atoms with Gasteiger partial charge in [0, 0.05) is 23.8 Å². The Bertz CT molecular complexity index is 717. The second-order valence-electron chi connectivity index (χ2n) is 5.82. The van der Waals surface area contributed by atoms with Crippen LogP contribution >= 0.6 is 11.6 Å². The van der Waals surface area contributed by atoms with Crippen molar-refractivity contribution in [2.45, 2.75) is 33.1 Å². The number of aromatic nitrogens is 1. The van der Waals surface area contributed by atoms with Gasteiger partial charge >= 0.3 is 0 Å². The first-order chi connectivity index (χ1) is 12.0. The Kier molecular flexibility index (Phi) is 7.07. The summed E-state index contributed by atoms with van der Waals surface area (Å²) in [6.07, 6.45) is 4.80. The number of nitrogens with zero attached hydrogens (tertiary/aromatic N) is 1. The molecule has 1 heterocycles. The lowest BCUT2D eigenvalue weighted by molar-refractivity contribution is 0.0952. The lowest BCUT2D eigenvalue weighted by atomic mass is 10.2. The van der Waals surface area contributed by atoms with Crippen molar-refractivity contribution in [2.75, 3.05) is 19.0 Å². The summed E-state index contributed by atoms with van der Waals surface area (Å²) in [6.45, 7) is 4.74. The highest BCUT2D eigenvalue weighted by Gasteiger charge is 2.09. The van der Waals surface area contributed by atoms with Crippen LogP contribution < -0.4 is 15.4 Å². The largest absolute Gasteiger partial charge is 0.495 e. The molecule has 0 bridgehead atoms. The molecule has 1 aromatic carbocycles. The molecule has 25 heavy (non-hydrogen) atoms. The molecule has 5 nitrogen and oxygen atoms in total. The van der Waals surface area contributed by atoms with Crippen molar-refractivity contribution in [3.63, 3.8) is 0 Å². The fourth-order valence-corrected chi connectivity index (χ4v) is 2.50. The van der Waals surface area contributed by atoms with Gasteiger partial charge in [0.2, 0.25) is 0 Å². The summed E-state index contributed by atoms with van der Waals surface area (Å²) in [5.41, 5.74) is 2.25. The average molecular weight is 362 g/mol. The van der Waals surface area contributed by atoms with E-state index in [2.05, 4.69) is 22.5 Å². The Morgan fingerprint density at radius 1 is 1.28 bits per heavy atom. The summed E-state index contributed by atoms with van der Waals surface area (Å²) in [7, 11) is 1.59. The Morgan fingerprint density at radius 2 is 2.08 bits per heavy atom. The van der Waals surface area contributed by atoms with Crippen molar-refractivity contribution in [3.05, 3.63) is 46.6 Å². The summed E-state index contributed by atoms with van der Waals surface area (Å²) in [5.74, 6) is 1.16. The molecule has 2 aromatic rings. The second kappa shape index (κ2) is 9.28. The molecule has 0 saturated heterocycles. The van der Waals surface area contributed by atoms with Crippen molar-refractivity contribution in [2.24, 2.45) is 0 Å². The minimum Gasteiger partial charge on any atom is -0.495 e. The Morgan fingerprint density at radius 3 is 2.72 bits per heavy atom. The zero-order valence-corrected chi connectivity index (χ0v) is 15.6. The van der Waals surface area contributed by atoms with Crippen LogP contribution in [0.1, 0.15) is 42.1 Å². The monoisotopic (exact) mass is 361 g/mol. The van der Waals surface area contributed by atoms with E-state index in [-0.39, 0.29) is 5.91 Å². The minimum atomic E-state index is -0.102. The van der Waals surface area contributed by atoms with E-state index >= 15 is 0 Å². The molecule has 0 radical (unpaired) electrons. The molecule has 0 saturated carbocycles. The number of anilines is 2. The predicted octanol–water partition coefficient (Wildman–Crippen LogP) is 4.72. The van der Waals surface area contributed by atoms with Crippen molar-refractivity contribution in [1.29, 1.82) is 0 Å². The number of ether oxygens (including phenoxy) is 1. The molecule has 2 N–H and O–H groups in total. The molecule has 1 aromatic heterocycles. The highest BCUT2D eigenvalue weighted by Crippen LogP contribution is 2.32. The third-order valence-electron chi connectivity index (χ3n) is 3.84. The fourth-order valence-electron chi connectivity index (χ4n) is 2.35. The van der Waals surface area contributed by atoms with E-state index in [1.807, 2.05) is 13.0 Å². The predicted molar refractivity (Wildman–Crippen MR) is 102 cm³/mol. The van der Waals surface area contributed by atoms with E-state index in [1.165, 1.54) is 0 Å². The molecule has 2 rings (SSSR count). The molecule has 0 fully saturated rings. The number of hydrogen-bond donors (Lipinski definition) is 2. The van der Waals surface area contributed by atoms with E-state index in [0.29, 0.717) is 28.7 Å². The van der Waals surface area contributed by atoms with E-state index in [0.717, 1.165) is 30.5 Å². The number of carbonyl (C=O) groups is 1. The number of aryl methyl sites for hydroxylation is 1. The topological polar surface area (TPSA) is 63.2 Å². The average Bonchev–Trinajstić information content (AvgIpc) is 2.62. The highest BCUT2D eigenvalue weighted by molar-refractivity contribution is 6.31. The maximum atomic E-state index is 12.1. The number of halogens is 1. The number of pyridine rings is 1. The number of amides is 1. The van der Waals surface area contributed by atoms with Crippen LogP contribution in [0.2, 0.25) is 5.02 Å². The highest BCUT2D eigenvalue weighted by atomic mass is 35.5. The van der Waals surface area contributed by atoms with Gasteiger partial charge in [0.15, 0.2) is 0 Å². The van der Waals surface area contributed by atoms with Crippen LogP contribution in [0, 0.1) is 6.92 Å². The van der Waals surface area contributed by atoms with Crippen molar-refractivity contribution in [1.82, 2.24) is 10.3 Å². The zero-order valence-electron chi connectivity index (χ0n) is 14.9. The van der Waals surface area contributed by atoms with Gasteiger partial charge in [-0.2, -0.15) is 0 Å². The van der Waals surface area contributed by atoms with Crippen LogP contribution in [0.3, 0.4) is 0 Å². The van der Waals surface area contributed by atoms with Gasteiger partial charge < -0.3 is 15.4 Å². The van der Waals surface area contributed by atoms with Gasteiger partial charge in [-0.25, -0.2) is 4.98 Å². The molecule has 0 aliphatic rings. The minimum absolute atomic E-state index is 0.102. The number of hydrogen-bond acceptors (Lipinski definition) is 4. The van der Waals surface area contributed by atoms with Gasteiger partial charge in [-0.3, -0.25) is 4.79 Å². The summed E-state index contributed by atoms with van der Waals surface area (Å²) < 4.78 is 5.34. The first kappa shape index (κ1) is 19.1. The number of unbranched alkanes of at least 4 members (excludes halogenated alkanes) is 2. The van der Waals surface area contributed by atoms with Gasteiger partial charge in [0.25, 0.3) is 5.91 Å². The maximum Gasteiger partial charge on any atom is 0.252 e. The molecule has 1 amide bonds. The van der Waals surface area contributed by atoms with Crippen LogP contribution in [0.15, 0.2) is 30.5 Å². The third kappa shape index (κ3) is 5.36. The molecule has 134 valence electrons. The molecular weight excluding hydrogens is 338 g/mol. The van der Waals surface area contributed by atoms with E-state index < -0.39 is 0 Å². The van der Waals surface area contributed by atoms with E-state index in [9.17, 15) is 4.79 Å². The van der Waals surface area contributed by atoms with Gasteiger partial charge in [-0.1, -0.05) is 31.4 Å². The van der Waals surface area contributed by atoms with Crippen LogP contribution in [-0.4, -0.2) is 24.5 Å². The normalized spacial score (nSPS) is 10.4. The third-order valence-corrected chi connectivity index (χ3v) is 4.24. The lowest BCUT2D eigenvalue weighted by Gasteiger charge is -2.13. The number of nitrogens with one attached hydrogen (secondary N) is 2. The molecule has 0 spiro atoms. The number of benzene rings is 1. The maximum absolute atomic E-state index is 12.1. The zero-order chi connectivity index (χ0) is 18.2. The summed E-state index contributed by atoms with van der Waals surface area (Å²) in [6, 6.07) is 7.18. The SMILES string of the molecule is CCCCCNC(=O)c1ccc(Nc2cc(C)c(Cl)cc2OC)nc1. The van der Waals surface area contributed by atoms with Gasteiger partial charge in [0.1, 0.15) is 11.6 Å². The van der Waals surface area contributed by atoms with Crippen molar-refractivity contribution >= 4 is 29.0 Å². The van der Waals surface area contributed by atoms with Crippen LogP contribution in [0.5, 0.6) is 5.75 Å². The summed E-state index contributed by atoms with van der Waals surface area (Å²) in [4.78, 5) is 16.4. The summed E-state index contributed by atoms with van der Waals surface area (Å²) in [5, 5.41) is 6.74. The van der Waals surface area contributed by atoms with Crippen LogP contribution in [0.25, 0.3) is 0 Å².